The molecular weight excluding hydrogens is 381 g/mol. The minimum Gasteiger partial charge on any atom is -1.00 e. The van der Waals surface area contributed by atoms with E-state index in [1.165, 1.54) is 14.4 Å². The number of allylic oxidation sites excluding steroid dienone is 8. The van der Waals surface area contributed by atoms with E-state index in [4.69, 9.17) is 0 Å². The first-order chi connectivity index (χ1) is 9.94. The average molecular weight is 414 g/mol. The van der Waals surface area contributed by atoms with Gasteiger partial charge in [0.2, 0.25) is 0 Å². The van der Waals surface area contributed by atoms with Gasteiger partial charge in [-0.15, -0.1) is 12.8 Å². The van der Waals surface area contributed by atoms with Crippen LogP contribution in [0.25, 0.3) is 0 Å². The predicted octanol–water partition coefficient (Wildman–Crippen LogP) is 0.197. The summed E-state index contributed by atoms with van der Waals surface area (Å²) in [6.07, 6.45) is 17.0. The molecule has 24 heavy (non-hydrogen) atoms. The topological polar surface area (TPSA) is 0 Å². The Morgan fingerprint density at radius 3 is 1.12 bits per heavy atom. The number of hydrogen-bond donors (Lipinski definition) is 0. The Kier molecular flexibility index (Phi) is 15.2. The Balaban J connectivity index is -0.000000283. The second kappa shape index (κ2) is 12.9. The van der Waals surface area contributed by atoms with E-state index in [2.05, 4.69) is 91.8 Å². The predicted molar refractivity (Wildman–Crippen MR) is 96.3 cm³/mol. The van der Waals surface area contributed by atoms with Crippen LogP contribution in [0.15, 0.2) is 35.5 Å². The number of rotatable bonds is 0. The van der Waals surface area contributed by atoms with Crippen molar-refractivity contribution in [2.24, 2.45) is 10.8 Å². The van der Waals surface area contributed by atoms with Crippen molar-refractivity contribution in [3.05, 3.63) is 47.6 Å². The SMILES string of the molecule is CC(C)(C)C1=CC[C-]=C1.CC(C)(C)C1=CC[C-]=C1.C[C](C)=[Zr+2].[F-].[F-]. The van der Waals surface area contributed by atoms with Gasteiger partial charge in [-0.1, -0.05) is 52.4 Å². The van der Waals surface area contributed by atoms with Crippen LogP contribution in [0.3, 0.4) is 0 Å². The summed E-state index contributed by atoms with van der Waals surface area (Å²) in [5.74, 6) is 0. The quantitative estimate of drug-likeness (QED) is 0.498. The largest absolute Gasteiger partial charge is 1.00 e. The minimum atomic E-state index is 0. The fourth-order valence-electron chi connectivity index (χ4n) is 1.84. The molecule has 0 atom stereocenters. The molecule has 0 spiro atoms. The molecule has 0 aromatic heterocycles. The molecule has 0 amide bonds. The summed E-state index contributed by atoms with van der Waals surface area (Å²) in [4.78, 5) is 0. The normalized spacial score (nSPS) is 14.9. The fourth-order valence-corrected chi connectivity index (χ4v) is 1.84. The molecule has 2 rings (SSSR count). The molecule has 0 heterocycles. The van der Waals surface area contributed by atoms with Gasteiger partial charge < -0.3 is 9.41 Å². The molecule has 0 radical (unpaired) electrons. The van der Waals surface area contributed by atoms with E-state index in [0.717, 1.165) is 12.8 Å². The van der Waals surface area contributed by atoms with Gasteiger partial charge in [0.15, 0.2) is 0 Å². The van der Waals surface area contributed by atoms with Crippen LogP contribution in [0.5, 0.6) is 0 Å². The smallest absolute Gasteiger partial charge is 1.00 e. The molecule has 0 unspecified atom stereocenters. The van der Waals surface area contributed by atoms with Crippen LogP contribution in [-0.4, -0.2) is 3.21 Å². The molecule has 0 saturated carbocycles. The molecule has 0 N–H and O–H groups in total. The molecule has 136 valence electrons. The Hall–Kier alpha value is -0.427. The van der Waals surface area contributed by atoms with Gasteiger partial charge in [-0.25, -0.2) is 12.2 Å². The van der Waals surface area contributed by atoms with Gasteiger partial charge in [0.05, 0.1) is 0 Å². The Bertz CT molecular complexity index is 437. The molecule has 0 bridgehead atoms. The first-order valence-corrected chi connectivity index (χ1v) is 9.23. The van der Waals surface area contributed by atoms with Crippen molar-refractivity contribution in [2.45, 2.75) is 68.2 Å². The number of hydrogen-bond acceptors (Lipinski definition) is 0. The molecule has 0 saturated heterocycles. The zero-order chi connectivity index (χ0) is 17.4. The van der Waals surface area contributed by atoms with Crippen LogP contribution in [0.2, 0.25) is 0 Å². The standard InChI is InChI=1S/2C9H13.C3H6.2FH.Zr/c2*1-9(2,3)8-6-4-5-7-8;1-3-2;;;/h2*6-7H,4H2,1-3H3;1-2H3;2*1H;/q2*-1;;;;+2/p-2. The van der Waals surface area contributed by atoms with Crippen molar-refractivity contribution in [1.82, 2.24) is 0 Å². The third kappa shape index (κ3) is 14.0. The van der Waals surface area contributed by atoms with Gasteiger partial charge in [0.1, 0.15) is 0 Å². The first kappa shape index (κ1) is 28.4. The van der Waals surface area contributed by atoms with Crippen molar-refractivity contribution in [3.8, 4) is 0 Å². The van der Waals surface area contributed by atoms with Crippen molar-refractivity contribution in [2.75, 3.05) is 0 Å². The van der Waals surface area contributed by atoms with Crippen LogP contribution in [0.4, 0.5) is 0 Å². The second-order valence-corrected chi connectivity index (χ2v) is 10.4. The third-order valence-corrected chi connectivity index (χ3v) is 3.13. The molecule has 3 heteroatoms. The monoisotopic (exact) mass is 412 g/mol. The van der Waals surface area contributed by atoms with Gasteiger partial charge in [-0.2, -0.15) is 23.3 Å². The Labute approximate surface area is 163 Å². The van der Waals surface area contributed by atoms with Gasteiger partial charge in [0.25, 0.3) is 0 Å². The summed E-state index contributed by atoms with van der Waals surface area (Å²) in [6, 6.07) is 0. The first-order valence-electron chi connectivity index (χ1n) is 8.01. The average Bonchev–Trinajstić information content (AvgIpc) is 3.02. The van der Waals surface area contributed by atoms with Gasteiger partial charge in [-0.05, 0) is 0 Å². The summed E-state index contributed by atoms with van der Waals surface area (Å²) in [6.45, 7) is 17.6. The molecule has 2 aliphatic rings. The maximum atomic E-state index is 3.16. The van der Waals surface area contributed by atoms with Crippen LogP contribution >= 0.6 is 0 Å². The van der Waals surface area contributed by atoms with E-state index in [1.54, 1.807) is 24.2 Å². The zero-order valence-electron chi connectivity index (χ0n) is 16.5. The Morgan fingerprint density at radius 2 is 1.04 bits per heavy atom. The molecule has 0 nitrogen and oxygen atoms in total. The number of halogens is 2. The zero-order valence-corrected chi connectivity index (χ0v) is 18.9. The van der Waals surface area contributed by atoms with Crippen molar-refractivity contribution in [3.63, 3.8) is 0 Å². The van der Waals surface area contributed by atoms with Crippen molar-refractivity contribution in [1.29, 1.82) is 0 Å². The van der Waals surface area contributed by atoms with Crippen molar-refractivity contribution >= 4 is 3.21 Å². The summed E-state index contributed by atoms with van der Waals surface area (Å²) in [5, 5.41) is 0. The summed E-state index contributed by atoms with van der Waals surface area (Å²) in [7, 11) is 0. The van der Waals surface area contributed by atoms with Crippen LogP contribution in [0, 0.1) is 23.0 Å². The molecule has 2 aliphatic carbocycles. The molecule has 0 aromatic carbocycles. The summed E-state index contributed by atoms with van der Waals surface area (Å²) < 4.78 is 1.51. The van der Waals surface area contributed by atoms with Crippen LogP contribution in [0.1, 0.15) is 68.2 Å². The van der Waals surface area contributed by atoms with E-state index >= 15 is 0 Å². The van der Waals surface area contributed by atoms with Gasteiger partial charge >= 0.3 is 41.3 Å². The second-order valence-electron chi connectivity index (χ2n) is 7.92. The maximum Gasteiger partial charge on any atom is -1.00 e. The fraction of sp³-hybridized carbons (Fsp3) is 0.571. The van der Waals surface area contributed by atoms with E-state index < -0.39 is 0 Å². The Morgan fingerprint density at radius 1 is 0.792 bits per heavy atom. The minimum absolute atomic E-state index is 0. The van der Waals surface area contributed by atoms with Gasteiger partial charge in [-0.3, -0.25) is 12.2 Å². The van der Waals surface area contributed by atoms with E-state index in [0.29, 0.717) is 10.8 Å². The van der Waals surface area contributed by atoms with Crippen LogP contribution < -0.4 is 9.41 Å². The van der Waals surface area contributed by atoms with Crippen molar-refractivity contribution < 1.29 is 33.6 Å². The summed E-state index contributed by atoms with van der Waals surface area (Å²) >= 11 is 1.55. The van der Waals surface area contributed by atoms with Gasteiger partial charge in [0, 0.05) is 0 Å². The molecular formula is C21H32F2Zr-2. The van der Waals surface area contributed by atoms with E-state index in [9.17, 15) is 0 Å². The van der Waals surface area contributed by atoms with E-state index in [-0.39, 0.29) is 9.41 Å². The molecule has 0 aromatic rings. The summed E-state index contributed by atoms with van der Waals surface area (Å²) in [5.41, 5.74) is 3.48. The molecule has 0 aliphatic heterocycles. The molecule has 0 fully saturated rings. The van der Waals surface area contributed by atoms with E-state index in [1.807, 2.05) is 0 Å². The van der Waals surface area contributed by atoms with Crippen LogP contribution in [-0.2, 0) is 24.2 Å². The maximum absolute atomic E-state index is 3.16. The third-order valence-electron chi connectivity index (χ3n) is 3.13.